The Balaban J connectivity index is 2.37. The third-order valence-electron chi connectivity index (χ3n) is 2.81. The van der Waals surface area contributed by atoms with E-state index >= 15 is 0 Å². The molecule has 0 aliphatic rings. The van der Waals surface area contributed by atoms with Gasteiger partial charge in [0.15, 0.2) is 10.4 Å². The van der Waals surface area contributed by atoms with Gasteiger partial charge >= 0.3 is 0 Å². The number of fused-ring (bicyclic) bond motifs is 1. The number of imidazole rings is 1. The summed E-state index contributed by atoms with van der Waals surface area (Å²) < 4.78 is 8.84. The van der Waals surface area contributed by atoms with E-state index in [0.717, 1.165) is 20.4 Å². The van der Waals surface area contributed by atoms with Crippen molar-refractivity contribution in [3.05, 3.63) is 44.7 Å². The molecule has 0 amide bonds. The molecule has 0 bridgehead atoms. The third-order valence-corrected chi connectivity index (χ3v) is 4.01. The molecule has 0 atom stereocenters. The molecule has 0 fully saturated rings. The van der Waals surface area contributed by atoms with E-state index < -0.39 is 0 Å². The lowest BCUT2D eigenvalue weighted by atomic mass is 10.3. The van der Waals surface area contributed by atoms with Crippen LogP contribution in [0.5, 0.6) is 5.88 Å². The van der Waals surface area contributed by atoms with Gasteiger partial charge < -0.3 is 9.72 Å². The van der Waals surface area contributed by atoms with Crippen LogP contribution < -0.4 is 4.74 Å². The molecule has 6 heteroatoms. The fraction of sp³-hybridized carbons (Fsp3) is 0.0769. The predicted octanol–water partition coefficient (Wildman–Crippen LogP) is 3.70. The highest BCUT2D eigenvalue weighted by Crippen LogP contribution is 2.23. The van der Waals surface area contributed by atoms with E-state index in [2.05, 4.69) is 32.6 Å². The minimum Gasteiger partial charge on any atom is -0.481 e. The number of hydrogen-bond acceptors (Lipinski definition) is 3. The zero-order valence-electron chi connectivity index (χ0n) is 10.1. The number of rotatable bonds is 2. The number of nitrogens with zero attached hydrogens (tertiary/aromatic N) is 2. The van der Waals surface area contributed by atoms with E-state index in [0.29, 0.717) is 10.7 Å². The molecule has 0 radical (unpaired) electrons. The Morgan fingerprint density at radius 1 is 1.26 bits per heavy atom. The lowest BCUT2D eigenvalue weighted by molar-refractivity contribution is 0.399. The highest BCUT2D eigenvalue weighted by molar-refractivity contribution is 14.1. The summed E-state index contributed by atoms with van der Waals surface area (Å²) in [6.07, 6.45) is 0. The molecule has 0 saturated heterocycles. The van der Waals surface area contributed by atoms with Crippen LogP contribution in [0, 0.1) is 8.34 Å². The van der Waals surface area contributed by atoms with Gasteiger partial charge in [-0.2, -0.15) is 4.98 Å². The summed E-state index contributed by atoms with van der Waals surface area (Å²) in [6, 6.07) is 11.8. The van der Waals surface area contributed by atoms with Crippen LogP contribution in [0.25, 0.3) is 16.9 Å². The lowest BCUT2D eigenvalue weighted by Gasteiger charge is -2.06. The summed E-state index contributed by atoms with van der Waals surface area (Å²) in [5.41, 5.74) is 2.68. The summed E-state index contributed by atoms with van der Waals surface area (Å²) in [5.74, 6) is 0.571. The highest BCUT2D eigenvalue weighted by atomic mass is 127. The average molecular weight is 383 g/mol. The van der Waals surface area contributed by atoms with Crippen molar-refractivity contribution in [2.75, 3.05) is 7.11 Å². The van der Waals surface area contributed by atoms with Crippen LogP contribution in [0.15, 0.2) is 36.4 Å². The second-order valence-corrected chi connectivity index (χ2v) is 5.49. The Morgan fingerprint density at radius 2 is 2.05 bits per heavy atom. The topological polar surface area (TPSA) is 42.8 Å². The molecule has 0 saturated carbocycles. The number of aromatic amines is 1. The maximum Gasteiger partial charge on any atom is 0.215 e. The number of nitrogens with one attached hydrogen (secondary N) is 1. The number of methoxy groups -OCH3 is 1. The first-order valence-corrected chi connectivity index (χ1v) is 7.10. The van der Waals surface area contributed by atoms with Crippen LogP contribution in [0.4, 0.5) is 0 Å². The van der Waals surface area contributed by atoms with E-state index in [1.165, 1.54) is 0 Å². The molecule has 2 heterocycles. The van der Waals surface area contributed by atoms with Gasteiger partial charge in [-0.1, -0.05) is 12.1 Å². The molecule has 96 valence electrons. The number of pyridine rings is 1. The van der Waals surface area contributed by atoms with Crippen molar-refractivity contribution >= 4 is 46.0 Å². The molecule has 4 nitrogen and oxygen atoms in total. The first kappa shape index (κ1) is 12.6. The average Bonchev–Trinajstić information content (AvgIpc) is 2.74. The van der Waals surface area contributed by atoms with Crippen molar-refractivity contribution in [1.29, 1.82) is 0 Å². The van der Waals surface area contributed by atoms with Gasteiger partial charge in [0.05, 0.1) is 18.3 Å². The Kier molecular flexibility index (Phi) is 3.28. The Hall–Kier alpha value is -1.41. The first-order valence-electron chi connectivity index (χ1n) is 5.61. The van der Waals surface area contributed by atoms with Crippen molar-refractivity contribution in [1.82, 2.24) is 14.5 Å². The zero-order valence-corrected chi connectivity index (χ0v) is 13.0. The summed E-state index contributed by atoms with van der Waals surface area (Å²) in [4.78, 5) is 7.63. The summed E-state index contributed by atoms with van der Waals surface area (Å²) in [6.45, 7) is 0. The van der Waals surface area contributed by atoms with Gasteiger partial charge in [-0.25, -0.2) is 0 Å². The smallest absolute Gasteiger partial charge is 0.215 e. The van der Waals surface area contributed by atoms with Gasteiger partial charge in [-0.15, -0.1) is 0 Å². The number of benzene rings is 1. The molecule has 0 unspecified atom stereocenters. The van der Waals surface area contributed by atoms with Gasteiger partial charge in [0, 0.05) is 9.64 Å². The van der Waals surface area contributed by atoms with Crippen molar-refractivity contribution in [2.24, 2.45) is 0 Å². The monoisotopic (exact) mass is 383 g/mol. The van der Waals surface area contributed by atoms with Crippen LogP contribution in [0.3, 0.4) is 0 Å². The van der Waals surface area contributed by atoms with Crippen LogP contribution >= 0.6 is 34.8 Å². The second-order valence-electron chi connectivity index (χ2n) is 3.94. The number of para-hydroxylation sites is 1. The molecule has 3 rings (SSSR count). The Bertz CT molecular complexity index is 809. The minimum absolute atomic E-state index is 0.571. The van der Waals surface area contributed by atoms with Crippen LogP contribution in [0.1, 0.15) is 0 Å². The third kappa shape index (κ3) is 2.14. The molecular weight excluding hydrogens is 373 g/mol. The number of aromatic nitrogens is 3. The van der Waals surface area contributed by atoms with E-state index in [4.69, 9.17) is 17.0 Å². The molecule has 0 aliphatic heterocycles. The molecule has 2 aromatic heterocycles. The normalized spacial score (nSPS) is 10.8. The van der Waals surface area contributed by atoms with Crippen molar-refractivity contribution < 1.29 is 4.74 Å². The zero-order chi connectivity index (χ0) is 13.4. The van der Waals surface area contributed by atoms with Gasteiger partial charge in [0.1, 0.15) is 0 Å². The fourth-order valence-corrected chi connectivity index (χ4v) is 2.86. The molecule has 1 aromatic carbocycles. The van der Waals surface area contributed by atoms with Crippen molar-refractivity contribution in [3.8, 4) is 11.6 Å². The van der Waals surface area contributed by atoms with Crippen LogP contribution in [-0.2, 0) is 0 Å². The summed E-state index contributed by atoms with van der Waals surface area (Å²) >= 11 is 7.69. The Morgan fingerprint density at radius 3 is 2.79 bits per heavy atom. The van der Waals surface area contributed by atoms with E-state index in [1.807, 2.05) is 41.0 Å². The number of halogens is 1. The van der Waals surface area contributed by atoms with Gasteiger partial charge in [0.2, 0.25) is 5.88 Å². The molecule has 0 spiro atoms. The molecule has 0 aliphatic carbocycles. The standard InChI is InChI=1S/C13H10IN3OS/c1-18-11-7-6-9-12(16-11)17(13(19)15-9)10-5-3-2-4-8(10)14/h2-7H,1H3,(H,15,19). The minimum atomic E-state index is 0.571. The highest BCUT2D eigenvalue weighted by Gasteiger charge is 2.11. The fourth-order valence-electron chi connectivity index (χ4n) is 1.94. The van der Waals surface area contributed by atoms with Crippen molar-refractivity contribution in [2.45, 2.75) is 0 Å². The van der Waals surface area contributed by atoms with E-state index in [-0.39, 0.29) is 0 Å². The van der Waals surface area contributed by atoms with Gasteiger partial charge in [0.25, 0.3) is 0 Å². The largest absolute Gasteiger partial charge is 0.481 e. The summed E-state index contributed by atoms with van der Waals surface area (Å²) in [7, 11) is 1.60. The number of hydrogen-bond donors (Lipinski definition) is 1. The van der Waals surface area contributed by atoms with Crippen LogP contribution in [0.2, 0.25) is 0 Å². The van der Waals surface area contributed by atoms with E-state index in [1.54, 1.807) is 7.11 Å². The maximum atomic E-state index is 5.40. The second kappa shape index (κ2) is 4.93. The van der Waals surface area contributed by atoms with Crippen molar-refractivity contribution in [3.63, 3.8) is 0 Å². The molecular formula is C13H10IN3OS. The first-order chi connectivity index (χ1) is 9.20. The molecule has 3 aromatic rings. The quantitative estimate of drug-likeness (QED) is 0.542. The Labute approximate surface area is 128 Å². The molecule has 1 N–H and O–H groups in total. The predicted molar refractivity (Wildman–Crippen MR) is 85.5 cm³/mol. The lowest BCUT2D eigenvalue weighted by Crippen LogP contribution is -1.98. The van der Waals surface area contributed by atoms with Gasteiger partial charge in [-0.05, 0) is 53.0 Å². The van der Waals surface area contributed by atoms with E-state index in [9.17, 15) is 0 Å². The summed E-state index contributed by atoms with van der Waals surface area (Å²) in [5, 5.41) is 0. The maximum absolute atomic E-state index is 5.40. The number of ether oxygens (including phenoxy) is 1. The SMILES string of the molecule is COc1ccc2[nH]c(=S)n(-c3ccccc3I)c2n1. The van der Waals surface area contributed by atoms with Gasteiger partial charge in [-0.3, -0.25) is 4.57 Å². The number of H-pyrrole nitrogens is 1. The van der Waals surface area contributed by atoms with Crippen LogP contribution in [-0.4, -0.2) is 21.6 Å². The molecule has 19 heavy (non-hydrogen) atoms.